The Labute approximate surface area is 178 Å². The molecule has 1 aromatic carbocycles. The molecule has 3 heterocycles. The van der Waals surface area contributed by atoms with Crippen molar-refractivity contribution in [2.24, 2.45) is 0 Å². The summed E-state index contributed by atoms with van der Waals surface area (Å²) < 4.78 is 40.4. The van der Waals surface area contributed by atoms with Gasteiger partial charge < -0.3 is 14.4 Å². The van der Waals surface area contributed by atoms with Gasteiger partial charge in [-0.05, 0) is 41.5 Å². The van der Waals surface area contributed by atoms with E-state index in [1.54, 1.807) is 16.7 Å². The molecule has 0 aliphatic carbocycles. The average Bonchev–Trinajstić information content (AvgIpc) is 3.28. The van der Waals surface area contributed by atoms with Gasteiger partial charge in [-0.3, -0.25) is 9.69 Å². The lowest BCUT2D eigenvalue weighted by Gasteiger charge is -2.49. The maximum atomic E-state index is 14.3. The molecular formula is C20H26F2N6O3. The Balaban J connectivity index is 1.69. The Hall–Kier alpha value is -2.50. The molecule has 2 aliphatic heterocycles. The summed E-state index contributed by atoms with van der Waals surface area (Å²) in [5.74, 6) is -1.28. The van der Waals surface area contributed by atoms with E-state index in [2.05, 4.69) is 20.4 Å². The van der Waals surface area contributed by atoms with E-state index in [0.717, 1.165) is 24.6 Å². The van der Waals surface area contributed by atoms with Crippen molar-refractivity contribution >= 4 is 5.91 Å². The number of tetrazole rings is 1. The van der Waals surface area contributed by atoms with Crippen molar-refractivity contribution in [3.8, 4) is 0 Å². The highest BCUT2D eigenvalue weighted by molar-refractivity contribution is 5.94. The molecule has 0 N–H and O–H groups in total. The van der Waals surface area contributed by atoms with Crippen LogP contribution in [0.4, 0.5) is 8.78 Å². The van der Waals surface area contributed by atoms with Crippen molar-refractivity contribution in [2.75, 3.05) is 53.1 Å². The third kappa shape index (κ3) is 4.30. The number of rotatable bonds is 6. The predicted octanol–water partition coefficient (Wildman–Crippen LogP) is 1.06. The van der Waals surface area contributed by atoms with Gasteiger partial charge in [-0.25, -0.2) is 13.5 Å². The van der Waals surface area contributed by atoms with Crippen molar-refractivity contribution in [3.05, 3.63) is 41.2 Å². The number of benzene rings is 1. The van der Waals surface area contributed by atoms with E-state index < -0.39 is 23.1 Å². The monoisotopic (exact) mass is 436 g/mol. The second kappa shape index (κ2) is 9.33. The van der Waals surface area contributed by atoms with Crippen LogP contribution >= 0.6 is 0 Å². The van der Waals surface area contributed by atoms with Gasteiger partial charge in [0.1, 0.15) is 17.2 Å². The molecule has 2 fully saturated rings. The summed E-state index contributed by atoms with van der Waals surface area (Å²) in [6.07, 6.45) is 1.41. The number of amides is 1. The molecule has 168 valence electrons. The third-order valence-electron chi connectivity index (χ3n) is 5.99. The molecule has 9 nitrogen and oxygen atoms in total. The number of nitrogens with zero attached hydrogens (tertiary/aromatic N) is 6. The number of halogens is 2. The summed E-state index contributed by atoms with van der Waals surface area (Å²) in [4.78, 5) is 17.0. The van der Waals surface area contributed by atoms with Crippen molar-refractivity contribution in [3.63, 3.8) is 0 Å². The van der Waals surface area contributed by atoms with Gasteiger partial charge in [0.25, 0.3) is 5.91 Å². The molecule has 1 atom stereocenters. The van der Waals surface area contributed by atoms with Crippen LogP contribution in [0.3, 0.4) is 0 Å². The molecule has 1 aromatic heterocycles. The van der Waals surface area contributed by atoms with E-state index in [1.165, 1.54) is 0 Å². The van der Waals surface area contributed by atoms with E-state index in [-0.39, 0.29) is 12.1 Å². The fourth-order valence-electron chi connectivity index (χ4n) is 4.48. The number of hydrogen-bond donors (Lipinski definition) is 0. The van der Waals surface area contributed by atoms with Crippen LogP contribution in [0.5, 0.6) is 0 Å². The molecule has 0 bridgehead atoms. The minimum atomic E-state index is -0.737. The van der Waals surface area contributed by atoms with Crippen LogP contribution in [0, 0.1) is 11.6 Å². The molecule has 2 aromatic rings. The molecule has 4 rings (SSSR count). The Morgan fingerprint density at radius 1 is 1.26 bits per heavy atom. The molecule has 0 radical (unpaired) electrons. The van der Waals surface area contributed by atoms with Gasteiger partial charge in [0, 0.05) is 33.3 Å². The SMILES string of the molecule is COCCn1nnnc1C1(N2CCOCC2)CCCN(C(=O)c2cc(F)ccc2F)C1. The van der Waals surface area contributed by atoms with Crippen LogP contribution in [0.25, 0.3) is 0 Å². The quantitative estimate of drug-likeness (QED) is 0.669. The Bertz CT molecular complexity index is 920. The Morgan fingerprint density at radius 3 is 2.84 bits per heavy atom. The lowest BCUT2D eigenvalue weighted by Crippen LogP contribution is -2.61. The summed E-state index contributed by atoms with van der Waals surface area (Å²) >= 11 is 0. The maximum Gasteiger partial charge on any atom is 0.257 e. The van der Waals surface area contributed by atoms with Gasteiger partial charge in [-0.1, -0.05) is 0 Å². The molecule has 2 saturated heterocycles. The number of ether oxygens (including phenoxy) is 2. The number of likely N-dealkylation sites (tertiary alicyclic amines) is 1. The molecule has 1 unspecified atom stereocenters. The van der Waals surface area contributed by atoms with Gasteiger partial charge in [0.05, 0.1) is 31.9 Å². The summed E-state index contributed by atoms with van der Waals surface area (Å²) in [5.41, 5.74) is -0.921. The zero-order valence-corrected chi connectivity index (χ0v) is 17.5. The first-order valence-corrected chi connectivity index (χ1v) is 10.4. The molecule has 0 spiro atoms. The standard InChI is InChI=1S/C20H26F2N6O3/c1-30-10-9-28-19(23-24-25-28)20(27-7-11-31-12-8-27)5-2-6-26(14-20)18(29)16-13-15(21)3-4-17(16)22/h3-4,13H,2,5-12,14H2,1H3. The van der Waals surface area contributed by atoms with Crippen LogP contribution in [0.1, 0.15) is 29.0 Å². The largest absolute Gasteiger partial charge is 0.383 e. The zero-order valence-electron chi connectivity index (χ0n) is 17.5. The highest BCUT2D eigenvalue weighted by Gasteiger charge is 2.48. The fraction of sp³-hybridized carbons (Fsp3) is 0.600. The van der Waals surface area contributed by atoms with Gasteiger partial charge in [-0.15, -0.1) is 5.10 Å². The van der Waals surface area contributed by atoms with Crippen LogP contribution in [-0.4, -0.2) is 89.0 Å². The lowest BCUT2D eigenvalue weighted by molar-refractivity contribution is -0.0573. The minimum absolute atomic E-state index is 0.267. The number of methoxy groups -OCH3 is 1. The number of carbonyl (C=O) groups is 1. The van der Waals surface area contributed by atoms with Crippen LogP contribution in [0.2, 0.25) is 0 Å². The second-order valence-electron chi connectivity index (χ2n) is 7.80. The van der Waals surface area contributed by atoms with E-state index in [0.29, 0.717) is 58.2 Å². The fourth-order valence-corrected chi connectivity index (χ4v) is 4.48. The first kappa shape index (κ1) is 21.7. The maximum absolute atomic E-state index is 14.3. The highest BCUT2D eigenvalue weighted by atomic mass is 19.1. The van der Waals surface area contributed by atoms with E-state index in [9.17, 15) is 13.6 Å². The Kier molecular flexibility index (Phi) is 6.54. The molecular weight excluding hydrogens is 410 g/mol. The minimum Gasteiger partial charge on any atom is -0.383 e. The van der Waals surface area contributed by atoms with E-state index >= 15 is 0 Å². The number of aromatic nitrogens is 4. The molecule has 1 amide bonds. The van der Waals surface area contributed by atoms with E-state index in [1.807, 2.05) is 0 Å². The first-order chi connectivity index (χ1) is 15.0. The first-order valence-electron chi connectivity index (χ1n) is 10.4. The van der Waals surface area contributed by atoms with Crippen molar-refractivity contribution < 1.29 is 23.0 Å². The summed E-state index contributed by atoms with van der Waals surface area (Å²) in [6.45, 7) is 4.07. The zero-order chi connectivity index (χ0) is 21.8. The predicted molar refractivity (Wildman–Crippen MR) is 105 cm³/mol. The third-order valence-corrected chi connectivity index (χ3v) is 5.99. The molecule has 2 aliphatic rings. The summed E-state index contributed by atoms with van der Waals surface area (Å²) in [6, 6.07) is 2.93. The van der Waals surface area contributed by atoms with Crippen LogP contribution in [0.15, 0.2) is 18.2 Å². The van der Waals surface area contributed by atoms with E-state index in [4.69, 9.17) is 9.47 Å². The molecule has 11 heteroatoms. The number of piperidine rings is 1. The van der Waals surface area contributed by atoms with Crippen LogP contribution in [-0.2, 0) is 21.6 Å². The van der Waals surface area contributed by atoms with Gasteiger partial charge >= 0.3 is 0 Å². The van der Waals surface area contributed by atoms with Crippen molar-refractivity contribution in [1.29, 1.82) is 0 Å². The number of hydrogen-bond acceptors (Lipinski definition) is 7. The molecule has 0 saturated carbocycles. The number of carbonyl (C=O) groups excluding carboxylic acids is 1. The van der Waals surface area contributed by atoms with Gasteiger partial charge in [0.15, 0.2) is 5.82 Å². The highest BCUT2D eigenvalue weighted by Crippen LogP contribution is 2.37. The topological polar surface area (TPSA) is 85.6 Å². The van der Waals surface area contributed by atoms with Gasteiger partial charge in [0.2, 0.25) is 0 Å². The van der Waals surface area contributed by atoms with Crippen LogP contribution < -0.4 is 0 Å². The average molecular weight is 436 g/mol. The second-order valence-corrected chi connectivity index (χ2v) is 7.80. The Morgan fingerprint density at radius 2 is 2.06 bits per heavy atom. The summed E-state index contributed by atoms with van der Waals surface area (Å²) in [5, 5.41) is 12.3. The lowest BCUT2D eigenvalue weighted by atomic mass is 9.85. The van der Waals surface area contributed by atoms with Crippen molar-refractivity contribution in [1.82, 2.24) is 30.0 Å². The van der Waals surface area contributed by atoms with Gasteiger partial charge in [-0.2, -0.15) is 0 Å². The smallest absolute Gasteiger partial charge is 0.257 e. The normalized spacial score (nSPS) is 22.6. The summed E-state index contributed by atoms with van der Waals surface area (Å²) in [7, 11) is 1.61. The van der Waals surface area contributed by atoms with Crippen molar-refractivity contribution in [2.45, 2.75) is 24.9 Å². The number of morpholine rings is 1. The molecule has 31 heavy (non-hydrogen) atoms.